The van der Waals surface area contributed by atoms with Gasteiger partial charge in [0.25, 0.3) is 5.91 Å². The molecule has 0 unspecified atom stereocenters. The van der Waals surface area contributed by atoms with Crippen LogP contribution in [-0.2, 0) is 0 Å². The molecule has 0 aliphatic carbocycles. The fraction of sp³-hybridized carbons (Fsp3) is 0.125. The van der Waals surface area contributed by atoms with Crippen molar-refractivity contribution in [2.45, 2.75) is 0 Å². The Bertz CT molecular complexity index is 754. The van der Waals surface area contributed by atoms with Gasteiger partial charge in [0, 0.05) is 9.13 Å². The molecule has 22 heavy (non-hydrogen) atoms. The Morgan fingerprint density at radius 3 is 2.45 bits per heavy atom. The van der Waals surface area contributed by atoms with Gasteiger partial charge >= 0.3 is 0 Å². The van der Waals surface area contributed by atoms with Crippen LogP contribution in [0, 0.1) is 14.9 Å². The Morgan fingerprint density at radius 2 is 1.86 bits per heavy atom. The summed E-state index contributed by atoms with van der Waals surface area (Å²) in [4.78, 5) is 12.3. The highest BCUT2D eigenvalue weighted by Gasteiger charge is 2.12. The SMILES string of the molecule is COc1ccc(C(=O)Nc2ccc(C#N)cc2I)cc1OC. The van der Waals surface area contributed by atoms with Gasteiger partial charge in [0.1, 0.15) is 0 Å². The molecule has 0 spiro atoms. The number of rotatable bonds is 4. The van der Waals surface area contributed by atoms with E-state index in [0.29, 0.717) is 28.3 Å². The Hall–Kier alpha value is -2.27. The lowest BCUT2D eigenvalue weighted by atomic mass is 10.1. The van der Waals surface area contributed by atoms with Gasteiger partial charge in [-0.1, -0.05) is 0 Å². The van der Waals surface area contributed by atoms with Crippen molar-refractivity contribution in [3.05, 3.63) is 51.1 Å². The van der Waals surface area contributed by atoms with Gasteiger partial charge in [0.15, 0.2) is 11.5 Å². The number of nitrogens with one attached hydrogen (secondary N) is 1. The molecular formula is C16H13IN2O3. The van der Waals surface area contributed by atoms with Gasteiger partial charge in [-0.05, 0) is 59.0 Å². The summed E-state index contributed by atoms with van der Waals surface area (Å²) in [5.41, 5.74) is 1.66. The lowest BCUT2D eigenvalue weighted by Crippen LogP contribution is -2.13. The Balaban J connectivity index is 2.24. The minimum absolute atomic E-state index is 0.261. The van der Waals surface area contributed by atoms with Crippen molar-refractivity contribution in [2.75, 3.05) is 19.5 Å². The van der Waals surface area contributed by atoms with Gasteiger partial charge < -0.3 is 14.8 Å². The van der Waals surface area contributed by atoms with Gasteiger partial charge in [0.05, 0.1) is 31.5 Å². The van der Waals surface area contributed by atoms with Gasteiger partial charge in [-0.15, -0.1) is 0 Å². The standard InChI is InChI=1S/C16H13IN2O3/c1-21-14-6-4-11(8-15(14)22-2)16(20)19-13-5-3-10(9-18)7-12(13)17/h3-8H,1-2H3,(H,19,20). The van der Waals surface area contributed by atoms with E-state index >= 15 is 0 Å². The second-order valence-corrected chi connectivity index (χ2v) is 5.49. The average Bonchev–Trinajstić information content (AvgIpc) is 2.55. The Labute approximate surface area is 142 Å². The van der Waals surface area contributed by atoms with E-state index in [1.165, 1.54) is 14.2 Å². The van der Waals surface area contributed by atoms with E-state index in [2.05, 4.69) is 34.0 Å². The van der Waals surface area contributed by atoms with E-state index in [-0.39, 0.29) is 5.91 Å². The van der Waals surface area contributed by atoms with Crippen LogP contribution in [0.4, 0.5) is 5.69 Å². The first kappa shape index (κ1) is 16.1. The maximum absolute atomic E-state index is 12.3. The van der Waals surface area contributed by atoms with Crippen LogP contribution in [0.1, 0.15) is 15.9 Å². The maximum atomic E-state index is 12.3. The predicted molar refractivity (Wildman–Crippen MR) is 91.4 cm³/mol. The number of methoxy groups -OCH3 is 2. The first-order valence-electron chi connectivity index (χ1n) is 6.32. The highest BCUT2D eigenvalue weighted by molar-refractivity contribution is 14.1. The molecule has 112 valence electrons. The minimum atomic E-state index is -0.261. The van der Waals surface area contributed by atoms with E-state index in [1.54, 1.807) is 36.4 Å². The van der Waals surface area contributed by atoms with Gasteiger partial charge in [-0.25, -0.2) is 0 Å². The first-order valence-corrected chi connectivity index (χ1v) is 7.40. The highest BCUT2D eigenvalue weighted by atomic mass is 127. The monoisotopic (exact) mass is 408 g/mol. The third-order valence-electron chi connectivity index (χ3n) is 2.99. The number of nitrogens with zero attached hydrogens (tertiary/aromatic N) is 1. The fourth-order valence-corrected chi connectivity index (χ4v) is 2.51. The summed E-state index contributed by atoms with van der Waals surface area (Å²) in [7, 11) is 3.06. The number of benzene rings is 2. The normalized spacial score (nSPS) is 9.73. The van der Waals surface area contributed by atoms with Gasteiger partial charge in [-0.3, -0.25) is 4.79 Å². The molecule has 0 atom stereocenters. The van der Waals surface area contributed by atoms with Crippen molar-refractivity contribution in [1.82, 2.24) is 0 Å². The molecule has 6 heteroatoms. The van der Waals surface area contributed by atoms with E-state index in [1.807, 2.05) is 0 Å². The molecule has 0 saturated heterocycles. The molecule has 0 heterocycles. The molecule has 5 nitrogen and oxygen atoms in total. The lowest BCUT2D eigenvalue weighted by Gasteiger charge is -2.11. The molecule has 0 radical (unpaired) electrons. The zero-order valence-corrected chi connectivity index (χ0v) is 14.2. The highest BCUT2D eigenvalue weighted by Crippen LogP contribution is 2.28. The van der Waals surface area contributed by atoms with Crippen LogP contribution in [0.15, 0.2) is 36.4 Å². The number of carbonyl (C=O) groups excluding carboxylic acids is 1. The zero-order chi connectivity index (χ0) is 16.1. The fourth-order valence-electron chi connectivity index (χ4n) is 1.86. The molecule has 1 amide bonds. The number of nitriles is 1. The zero-order valence-electron chi connectivity index (χ0n) is 12.0. The van der Waals surface area contributed by atoms with Crippen LogP contribution in [0.5, 0.6) is 11.5 Å². The number of hydrogen-bond donors (Lipinski definition) is 1. The van der Waals surface area contributed by atoms with Gasteiger partial charge in [-0.2, -0.15) is 5.26 Å². The number of amides is 1. The molecule has 0 fully saturated rings. The van der Waals surface area contributed by atoms with Crippen LogP contribution in [0.25, 0.3) is 0 Å². The molecule has 0 aliphatic heterocycles. The summed E-state index contributed by atoms with van der Waals surface area (Å²) in [6, 6.07) is 12.1. The molecule has 0 aliphatic rings. The lowest BCUT2D eigenvalue weighted by molar-refractivity contribution is 0.102. The summed E-state index contributed by atoms with van der Waals surface area (Å²) in [5.74, 6) is 0.792. The summed E-state index contributed by atoms with van der Waals surface area (Å²) in [5, 5.41) is 11.7. The average molecular weight is 408 g/mol. The number of carbonyl (C=O) groups is 1. The third-order valence-corrected chi connectivity index (χ3v) is 3.88. The first-order chi connectivity index (χ1) is 10.6. The smallest absolute Gasteiger partial charge is 0.255 e. The van der Waals surface area contributed by atoms with Crippen LogP contribution in [0.3, 0.4) is 0 Å². The molecule has 1 N–H and O–H groups in total. The molecular weight excluding hydrogens is 395 g/mol. The molecule has 0 saturated carbocycles. The summed E-state index contributed by atoms with van der Waals surface area (Å²) >= 11 is 2.08. The molecule has 0 aromatic heterocycles. The topological polar surface area (TPSA) is 71.3 Å². The van der Waals surface area contributed by atoms with Crippen molar-refractivity contribution < 1.29 is 14.3 Å². The van der Waals surface area contributed by atoms with Crippen molar-refractivity contribution >= 4 is 34.2 Å². The van der Waals surface area contributed by atoms with Crippen molar-refractivity contribution in [1.29, 1.82) is 5.26 Å². The van der Waals surface area contributed by atoms with E-state index in [0.717, 1.165) is 3.57 Å². The van der Waals surface area contributed by atoms with E-state index in [4.69, 9.17) is 14.7 Å². The van der Waals surface area contributed by atoms with Crippen LogP contribution in [0.2, 0.25) is 0 Å². The van der Waals surface area contributed by atoms with E-state index < -0.39 is 0 Å². The van der Waals surface area contributed by atoms with Crippen LogP contribution in [-0.4, -0.2) is 20.1 Å². The van der Waals surface area contributed by atoms with Crippen LogP contribution >= 0.6 is 22.6 Å². The summed E-state index contributed by atoms with van der Waals surface area (Å²) < 4.78 is 11.1. The van der Waals surface area contributed by atoms with Crippen molar-refractivity contribution in [3.8, 4) is 17.6 Å². The Kier molecular flexibility index (Phi) is 5.22. The molecule has 2 aromatic carbocycles. The van der Waals surface area contributed by atoms with E-state index in [9.17, 15) is 4.79 Å². The predicted octanol–water partition coefficient (Wildman–Crippen LogP) is 3.43. The number of hydrogen-bond acceptors (Lipinski definition) is 4. The van der Waals surface area contributed by atoms with Crippen molar-refractivity contribution in [3.63, 3.8) is 0 Å². The summed E-state index contributed by atoms with van der Waals surface area (Å²) in [6.45, 7) is 0. The number of halogens is 1. The number of anilines is 1. The van der Waals surface area contributed by atoms with Gasteiger partial charge in [0.2, 0.25) is 0 Å². The third kappa shape index (κ3) is 3.49. The molecule has 2 aromatic rings. The maximum Gasteiger partial charge on any atom is 0.255 e. The summed E-state index contributed by atoms with van der Waals surface area (Å²) in [6.07, 6.45) is 0. The molecule has 0 bridgehead atoms. The number of ether oxygens (including phenoxy) is 2. The Morgan fingerprint density at radius 1 is 1.14 bits per heavy atom. The second-order valence-electron chi connectivity index (χ2n) is 4.33. The van der Waals surface area contributed by atoms with Crippen LogP contribution < -0.4 is 14.8 Å². The largest absolute Gasteiger partial charge is 0.493 e. The quantitative estimate of drug-likeness (QED) is 0.788. The second kappa shape index (κ2) is 7.13. The van der Waals surface area contributed by atoms with Crippen molar-refractivity contribution in [2.24, 2.45) is 0 Å². The minimum Gasteiger partial charge on any atom is -0.493 e. The molecule has 2 rings (SSSR count).